The first kappa shape index (κ1) is 21.8. The van der Waals surface area contributed by atoms with Crippen molar-refractivity contribution in [1.82, 2.24) is 10.6 Å². The van der Waals surface area contributed by atoms with Crippen LogP contribution in [0.3, 0.4) is 0 Å². The van der Waals surface area contributed by atoms with E-state index in [-0.39, 0.29) is 18.3 Å². The number of hydrogen-bond acceptors (Lipinski definition) is 5. The Bertz CT molecular complexity index is 478. The Hall–Kier alpha value is -2.16. The van der Waals surface area contributed by atoms with Crippen LogP contribution in [0.5, 0.6) is 0 Å². The molecule has 9 nitrogen and oxygen atoms in total. The van der Waals surface area contributed by atoms with Gasteiger partial charge in [-0.3, -0.25) is 14.4 Å². The number of carbonyl (C=O) groups is 4. The Morgan fingerprint density at radius 1 is 0.958 bits per heavy atom. The summed E-state index contributed by atoms with van der Waals surface area (Å²) in [5.41, 5.74) is 10.8. The van der Waals surface area contributed by atoms with E-state index in [1.54, 1.807) is 13.8 Å². The van der Waals surface area contributed by atoms with Crippen LogP contribution < -0.4 is 22.1 Å². The minimum Gasteiger partial charge on any atom is -0.480 e. The van der Waals surface area contributed by atoms with Gasteiger partial charge in [-0.2, -0.15) is 0 Å². The lowest BCUT2D eigenvalue weighted by Crippen LogP contribution is -2.56. The average molecular weight is 344 g/mol. The molecule has 0 aromatic rings. The van der Waals surface area contributed by atoms with Gasteiger partial charge in [-0.25, -0.2) is 4.79 Å². The molecule has 3 amide bonds. The summed E-state index contributed by atoms with van der Waals surface area (Å²) in [5.74, 6) is -3.53. The van der Waals surface area contributed by atoms with Gasteiger partial charge in [-0.05, 0) is 18.3 Å². The van der Waals surface area contributed by atoms with Gasteiger partial charge < -0.3 is 27.2 Å². The molecule has 0 aromatic heterocycles. The minimum atomic E-state index is -1.27. The largest absolute Gasteiger partial charge is 0.480 e. The molecule has 0 spiro atoms. The van der Waals surface area contributed by atoms with Crippen molar-refractivity contribution in [3.8, 4) is 0 Å². The quantitative estimate of drug-likeness (QED) is 0.339. The summed E-state index contributed by atoms with van der Waals surface area (Å²) in [4.78, 5) is 46.6. The molecule has 3 atom stereocenters. The number of primary amides is 1. The van der Waals surface area contributed by atoms with E-state index in [1.807, 2.05) is 13.8 Å². The third-order valence-corrected chi connectivity index (χ3v) is 3.38. The lowest BCUT2D eigenvalue weighted by molar-refractivity contribution is -0.142. The van der Waals surface area contributed by atoms with Gasteiger partial charge in [-0.1, -0.05) is 27.7 Å². The standard InChI is InChI=1S/C15H28N4O5/c1-7(2)5-10(15(23)24)19-13(21)9(6-11(16)20)18-14(22)12(17)8(3)4/h7-10,12H,5-6,17H2,1-4H3,(H2,16,20)(H,18,22)(H,19,21)(H,23,24)/t9-,10-,12-/m0/s1. The molecule has 7 N–H and O–H groups in total. The zero-order valence-electron chi connectivity index (χ0n) is 14.5. The summed E-state index contributed by atoms with van der Waals surface area (Å²) in [5, 5.41) is 13.8. The zero-order valence-corrected chi connectivity index (χ0v) is 14.5. The Morgan fingerprint density at radius 3 is 1.83 bits per heavy atom. The maximum atomic E-state index is 12.3. The number of nitrogens with two attached hydrogens (primary N) is 2. The average Bonchev–Trinajstić information content (AvgIpc) is 2.43. The number of hydrogen-bond donors (Lipinski definition) is 5. The van der Waals surface area contributed by atoms with Crippen molar-refractivity contribution in [3.63, 3.8) is 0 Å². The Labute approximate surface area is 141 Å². The number of aliphatic carboxylic acids is 1. The van der Waals surface area contributed by atoms with E-state index in [0.29, 0.717) is 0 Å². The molecule has 0 bridgehead atoms. The molecule has 0 heterocycles. The molecule has 0 unspecified atom stereocenters. The predicted octanol–water partition coefficient (Wildman–Crippen LogP) is -1.05. The molecule has 0 aliphatic rings. The van der Waals surface area contributed by atoms with E-state index >= 15 is 0 Å². The van der Waals surface area contributed by atoms with Gasteiger partial charge in [0, 0.05) is 0 Å². The molecule has 0 saturated heterocycles. The molecule has 138 valence electrons. The molecule has 0 aliphatic carbocycles. The van der Waals surface area contributed by atoms with Gasteiger partial charge in [0.2, 0.25) is 17.7 Å². The number of nitrogens with one attached hydrogen (secondary N) is 2. The van der Waals surface area contributed by atoms with Gasteiger partial charge in [0.15, 0.2) is 0 Å². The van der Waals surface area contributed by atoms with Crippen molar-refractivity contribution in [2.24, 2.45) is 23.3 Å². The Balaban J connectivity index is 5.08. The van der Waals surface area contributed by atoms with Gasteiger partial charge in [0.05, 0.1) is 12.5 Å². The van der Waals surface area contributed by atoms with E-state index in [1.165, 1.54) is 0 Å². The van der Waals surface area contributed by atoms with Crippen LogP contribution in [-0.2, 0) is 19.2 Å². The summed E-state index contributed by atoms with van der Waals surface area (Å²) in [6, 6.07) is -3.25. The molecule has 0 rings (SSSR count). The summed E-state index contributed by atoms with van der Waals surface area (Å²) >= 11 is 0. The second-order valence-corrected chi connectivity index (χ2v) is 6.53. The van der Waals surface area contributed by atoms with E-state index in [4.69, 9.17) is 16.6 Å². The van der Waals surface area contributed by atoms with Crippen LogP contribution in [-0.4, -0.2) is 46.9 Å². The zero-order chi connectivity index (χ0) is 19.0. The van der Waals surface area contributed by atoms with Crippen molar-refractivity contribution in [2.75, 3.05) is 0 Å². The molecule has 0 aliphatic heterocycles. The highest BCUT2D eigenvalue weighted by molar-refractivity contribution is 5.94. The molecule has 0 radical (unpaired) electrons. The van der Waals surface area contributed by atoms with Gasteiger partial charge in [0.1, 0.15) is 12.1 Å². The first-order valence-electron chi connectivity index (χ1n) is 7.83. The molecule has 9 heteroatoms. The smallest absolute Gasteiger partial charge is 0.326 e. The van der Waals surface area contributed by atoms with Crippen molar-refractivity contribution in [1.29, 1.82) is 0 Å². The molecule has 24 heavy (non-hydrogen) atoms. The van der Waals surface area contributed by atoms with E-state index in [9.17, 15) is 19.2 Å². The lowest BCUT2D eigenvalue weighted by Gasteiger charge is -2.23. The van der Waals surface area contributed by atoms with Gasteiger partial charge in [0.25, 0.3) is 0 Å². The second kappa shape index (κ2) is 9.86. The van der Waals surface area contributed by atoms with Crippen LogP contribution in [0.2, 0.25) is 0 Å². The minimum absolute atomic E-state index is 0.0324. The molecule has 0 aromatic carbocycles. The molecule has 0 saturated carbocycles. The van der Waals surface area contributed by atoms with E-state index in [0.717, 1.165) is 0 Å². The fraction of sp³-hybridized carbons (Fsp3) is 0.733. The van der Waals surface area contributed by atoms with Crippen molar-refractivity contribution in [3.05, 3.63) is 0 Å². The normalized spacial score (nSPS) is 14.8. The first-order valence-corrected chi connectivity index (χ1v) is 7.83. The number of carbonyl (C=O) groups excluding carboxylic acids is 3. The Morgan fingerprint density at radius 2 is 1.46 bits per heavy atom. The fourth-order valence-corrected chi connectivity index (χ4v) is 1.95. The maximum absolute atomic E-state index is 12.3. The van der Waals surface area contributed by atoms with Crippen LogP contribution in [0.1, 0.15) is 40.5 Å². The number of amides is 3. The van der Waals surface area contributed by atoms with Crippen LogP contribution in [0.25, 0.3) is 0 Å². The molecule has 0 fully saturated rings. The summed E-state index contributed by atoms with van der Waals surface area (Å²) < 4.78 is 0. The highest BCUT2D eigenvalue weighted by Gasteiger charge is 2.29. The highest BCUT2D eigenvalue weighted by atomic mass is 16.4. The maximum Gasteiger partial charge on any atom is 0.326 e. The first-order chi connectivity index (χ1) is 11.0. The van der Waals surface area contributed by atoms with Crippen molar-refractivity contribution < 1.29 is 24.3 Å². The third kappa shape index (κ3) is 7.91. The van der Waals surface area contributed by atoms with Crippen molar-refractivity contribution >= 4 is 23.7 Å². The summed E-state index contributed by atoms with van der Waals surface area (Å²) in [7, 11) is 0. The number of carboxylic acids is 1. The van der Waals surface area contributed by atoms with Gasteiger partial charge in [-0.15, -0.1) is 0 Å². The molecular weight excluding hydrogens is 316 g/mol. The van der Waals surface area contributed by atoms with E-state index in [2.05, 4.69) is 10.6 Å². The van der Waals surface area contributed by atoms with Crippen LogP contribution in [0.4, 0.5) is 0 Å². The monoisotopic (exact) mass is 344 g/mol. The summed E-state index contributed by atoms with van der Waals surface area (Å²) in [6.07, 6.45) is -0.236. The Kier molecular flexibility index (Phi) is 8.97. The van der Waals surface area contributed by atoms with Crippen LogP contribution in [0.15, 0.2) is 0 Å². The van der Waals surface area contributed by atoms with Crippen molar-refractivity contribution in [2.45, 2.75) is 58.7 Å². The third-order valence-electron chi connectivity index (χ3n) is 3.38. The van der Waals surface area contributed by atoms with E-state index < -0.39 is 48.2 Å². The molecular formula is C15H28N4O5. The van der Waals surface area contributed by atoms with Crippen LogP contribution in [0, 0.1) is 11.8 Å². The highest BCUT2D eigenvalue weighted by Crippen LogP contribution is 2.06. The summed E-state index contributed by atoms with van der Waals surface area (Å²) in [6.45, 7) is 7.09. The van der Waals surface area contributed by atoms with Gasteiger partial charge >= 0.3 is 5.97 Å². The fourth-order valence-electron chi connectivity index (χ4n) is 1.95. The predicted molar refractivity (Wildman–Crippen MR) is 87.6 cm³/mol. The van der Waals surface area contributed by atoms with Crippen LogP contribution >= 0.6 is 0 Å². The topological polar surface area (TPSA) is 165 Å². The number of carboxylic acid groups (broad SMARTS) is 1. The SMILES string of the molecule is CC(C)C[C@H](NC(=O)[C@H](CC(N)=O)NC(=O)[C@@H](N)C(C)C)C(=O)O. The number of rotatable bonds is 10. The second-order valence-electron chi connectivity index (χ2n) is 6.53. The lowest BCUT2D eigenvalue weighted by atomic mass is 10.0.